The van der Waals surface area contributed by atoms with Gasteiger partial charge in [-0.05, 0) is 44.4 Å². The van der Waals surface area contributed by atoms with Crippen LogP contribution in [0, 0.1) is 6.92 Å². The molecular weight excluding hydrogens is 282 g/mol. The fourth-order valence-corrected chi connectivity index (χ4v) is 3.26. The molecule has 0 amide bonds. The van der Waals surface area contributed by atoms with Gasteiger partial charge in [0.2, 0.25) is 0 Å². The second-order valence-corrected chi connectivity index (χ2v) is 6.63. The first-order valence-corrected chi connectivity index (χ1v) is 8.11. The number of carbonyl (C=O) groups excluding carboxylic acids is 1. The van der Waals surface area contributed by atoms with E-state index in [1.165, 1.54) is 5.56 Å². The van der Waals surface area contributed by atoms with Gasteiger partial charge in [0.05, 0.1) is 5.41 Å². The van der Waals surface area contributed by atoms with Crippen LogP contribution in [0.1, 0.15) is 30.9 Å². The van der Waals surface area contributed by atoms with Crippen molar-refractivity contribution in [1.29, 1.82) is 0 Å². The van der Waals surface area contributed by atoms with Crippen LogP contribution in [-0.4, -0.2) is 12.8 Å². The summed E-state index contributed by atoms with van der Waals surface area (Å²) in [5.41, 5.74) is 3.97. The smallest absolute Gasteiger partial charge is 0.170 e. The van der Waals surface area contributed by atoms with Crippen molar-refractivity contribution in [3.05, 3.63) is 77.5 Å². The molecular formula is C21H23NO. The van der Waals surface area contributed by atoms with E-state index in [0.29, 0.717) is 0 Å². The highest BCUT2D eigenvalue weighted by Crippen LogP contribution is 2.41. The third-order valence-electron chi connectivity index (χ3n) is 4.89. The Morgan fingerprint density at radius 1 is 1.04 bits per heavy atom. The molecule has 1 aliphatic rings. The average Bonchev–Trinajstić information content (AvgIpc) is 2.86. The molecule has 0 aromatic heterocycles. The van der Waals surface area contributed by atoms with Gasteiger partial charge in [0.1, 0.15) is 0 Å². The van der Waals surface area contributed by atoms with Crippen LogP contribution < -0.4 is 4.90 Å². The van der Waals surface area contributed by atoms with Crippen LogP contribution in [0.5, 0.6) is 0 Å². The molecule has 2 aromatic carbocycles. The van der Waals surface area contributed by atoms with Crippen molar-refractivity contribution in [2.75, 3.05) is 11.9 Å². The van der Waals surface area contributed by atoms with Crippen LogP contribution >= 0.6 is 0 Å². The first-order valence-electron chi connectivity index (χ1n) is 8.11. The molecule has 3 rings (SSSR count). The number of anilines is 1. The third kappa shape index (κ3) is 2.94. The maximum atomic E-state index is 13.0. The number of para-hydroxylation sites is 1. The van der Waals surface area contributed by atoms with Crippen molar-refractivity contribution in [3.63, 3.8) is 0 Å². The largest absolute Gasteiger partial charge is 0.351 e. The van der Waals surface area contributed by atoms with E-state index in [9.17, 15) is 4.79 Å². The summed E-state index contributed by atoms with van der Waals surface area (Å²) in [7, 11) is 2.00. The SMILES string of the molecule is Cc1ccc([C@@]2(C)CC/C(=C/N(C)c3ccccc3)C2=O)cc1. The number of aryl methyl sites for hydroxylation is 1. The monoisotopic (exact) mass is 305 g/mol. The molecule has 0 aliphatic heterocycles. The van der Waals surface area contributed by atoms with E-state index in [0.717, 1.165) is 29.7 Å². The fourth-order valence-electron chi connectivity index (χ4n) is 3.26. The summed E-state index contributed by atoms with van der Waals surface area (Å²) in [4.78, 5) is 15.0. The topological polar surface area (TPSA) is 20.3 Å². The van der Waals surface area contributed by atoms with Crippen molar-refractivity contribution in [2.24, 2.45) is 0 Å². The second-order valence-electron chi connectivity index (χ2n) is 6.63. The molecule has 0 unspecified atom stereocenters. The quantitative estimate of drug-likeness (QED) is 0.770. The van der Waals surface area contributed by atoms with Gasteiger partial charge in [-0.3, -0.25) is 4.79 Å². The summed E-state index contributed by atoms with van der Waals surface area (Å²) in [6, 6.07) is 18.5. The number of hydrogen-bond donors (Lipinski definition) is 0. The van der Waals surface area contributed by atoms with Crippen LogP contribution in [-0.2, 0) is 10.2 Å². The number of rotatable bonds is 3. The highest BCUT2D eigenvalue weighted by Gasteiger charge is 2.42. The van der Waals surface area contributed by atoms with Crippen LogP contribution in [0.15, 0.2) is 66.4 Å². The van der Waals surface area contributed by atoms with Gasteiger partial charge in [0, 0.05) is 24.5 Å². The molecule has 2 nitrogen and oxygen atoms in total. The Balaban J connectivity index is 1.86. The zero-order valence-corrected chi connectivity index (χ0v) is 14.0. The highest BCUT2D eigenvalue weighted by atomic mass is 16.1. The number of hydrogen-bond acceptors (Lipinski definition) is 2. The van der Waals surface area contributed by atoms with E-state index >= 15 is 0 Å². The lowest BCUT2D eigenvalue weighted by Crippen LogP contribution is -2.27. The van der Waals surface area contributed by atoms with E-state index in [1.54, 1.807) is 0 Å². The zero-order chi connectivity index (χ0) is 16.4. The second kappa shape index (κ2) is 6.04. The molecule has 0 saturated heterocycles. The molecule has 1 atom stereocenters. The van der Waals surface area contributed by atoms with Gasteiger partial charge < -0.3 is 4.90 Å². The highest BCUT2D eigenvalue weighted by molar-refractivity contribution is 6.05. The summed E-state index contributed by atoms with van der Waals surface area (Å²) in [5, 5.41) is 0. The summed E-state index contributed by atoms with van der Waals surface area (Å²) in [5.74, 6) is 0.254. The Bertz CT molecular complexity index is 730. The van der Waals surface area contributed by atoms with Gasteiger partial charge in [0.25, 0.3) is 0 Å². The lowest BCUT2D eigenvalue weighted by molar-refractivity contribution is -0.118. The molecule has 1 saturated carbocycles. The Hall–Kier alpha value is -2.35. The lowest BCUT2D eigenvalue weighted by atomic mass is 9.79. The lowest BCUT2D eigenvalue weighted by Gasteiger charge is -2.22. The molecule has 0 heterocycles. The van der Waals surface area contributed by atoms with Crippen LogP contribution in [0.2, 0.25) is 0 Å². The van der Waals surface area contributed by atoms with E-state index in [1.807, 2.05) is 36.3 Å². The van der Waals surface area contributed by atoms with Gasteiger partial charge in [-0.15, -0.1) is 0 Å². The molecule has 23 heavy (non-hydrogen) atoms. The predicted octanol–water partition coefficient (Wildman–Crippen LogP) is 4.64. The van der Waals surface area contributed by atoms with Crippen LogP contribution in [0.25, 0.3) is 0 Å². The fraction of sp³-hybridized carbons (Fsp3) is 0.286. The summed E-state index contributed by atoms with van der Waals surface area (Å²) < 4.78 is 0. The predicted molar refractivity (Wildman–Crippen MR) is 95.7 cm³/mol. The molecule has 0 bridgehead atoms. The van der Waals surface area contributed by atoms with Crippen molar-refractivity contribution in [3.8, 4) is 0 Å². The molecule has 118 valence electrons. The molecule has 2 aromatic rings. The van der Waals surface area contributed by atoms with Crippen LogP contribution in [0.3, 0.4) is 0 Å². The Morgan fingerprint density at radius 3 is 2.35 bits per heavy atom. The van der Waals surface area contributed by atoms with E-state index in [-0.39, 0.29) is 5.78 Å². The van der Waals surface area contributed by atoms with Gasteiger partial charge in [-0.1, -0.05) is 48.0 Å². The molecule has 0 N–H and O–H groups in total. The summed E-state index contributed by atoms with van der Waals surface area (Å²) in [6.07, 6.45) is 3.71. The minimum absolute atomic E-state index is 0.254. The number of nitrogens with zero attached hydrogens (tertiary/aromatic N) is 1. The Labute approximate surface area is 138 Å². The maximum Gasteiger partial charge on any atom is 0.170 e. The number of benzene rings is 2. The first kappa shape index (κ1) is 15.5. The van der Waals surface area contributed by atoms with Crippen molar-refractivity contribution in [1.82, 2.24) is 0 Å². The molecule has 1 fully saturated rings. The number of carbonyl (C=O) groups is 1. The standard InChI is InChI=1S/C21H23NO/c1-16-9-11-18(12-10-16)21(2)14-13-17(20(21)23)15-22(3)19-7-5-4-6-8-19/h4-12,15H,13-14H2,1-3H3/b17-15-/t21-/m1/s1. The van der Waals surface area contributed by atoms with E-state index in [4.69, 9.17) is 0 Å². The van der Waals surface area contributed by atoms with Crippen molar-refractivity contribution in [2.45, 2.75) is 32.1 Å². The maximum absolute atomic E-state index is 13.0. The number of allylic oxidation sites excluding steroid dienone is 1. The minimum Gasteiger partial charge on any atom is -0.351 e. The van der Waals surface area contributed by atoms with Gasteiger partial charge >= 0.3 is 0 Å². The third-order valence-corrected chi connectivity index (χ3v) is 4.89. The van der Waals surface area contributed by atoms with E-state index < -0.39 is 5.41 Å². The molecule has 2 heteroatoms. The van der Waals surface area contributed by atoms with Gasteiger partial charge in [-0.25, -0.2) is 0 Å². The minimum atomic E-state index is -0.392. The van der Waals surface area contributed by atoms with E-state index in [2.05, 4.69) is 50.2 Å². The molecule has 0 radical (unpaired) electrons. The Kier molecular flexibility index (Phi) is 4.08. The first-order chi connectivity index (χ1) is 11.0. The normalized spacial score (nSPS) is 22.6. The average molecular weight is 305 g/mol. The zero-order valence-electron chi connectivity index (χ0n) is 14.0. The van der Waals surface area contributed by atoms with Gasteiger partial charge in [0.15, 0.2) is 5.78 Å². The number of ketones is 1. The molecule has 1 aliphatic carbocycles. The molecule has 0 spiro atoms. The van der Waals surface area contributed by atoms with Crippen molar-refractivity contribution >= 4 is 11.5 Å². The summed E-state index contributed by atoms with van der Waals surface area (Å²) >= 11 is 0. The van der Waals surface area contributed by atoms with Crippen LogP contribution in [0.4, 0.5) is 5.69 Å². The van der Waals surface area contributed by atoms with Gasteiger partial charge in [-0.2, -0.15) is 0 Å². The summed E-state index contributed by atoms with van der Waals surface area (Å²) in [6.45, 7) is 4.14. The van der Waals surface area contributed by atoms with Crippen molar-refractivity contribution < 1.29 is 4.79 Å². The number of Topliss-reactive ketones (excluding diaryl/α,β-unsaturated/α-hetero) is 1. The Morgan fingerprint density at radius 2 is 1.70 bits per heavy atom.